The molecule has 1 saturated heterocycles. The number of hydrogen-bond donors (Lipinski definition) is 2. The highest BCUT2D eigenvalue weighted by Crippen LogP contribution is 2.39. The molecule has 2 N–H and O–H groups in total. The van der Waals surface area contributed by atoms with Gasteiger partial charge in [0, 0.05) is 42.4 Å². The number of carbonyl (C=O) groups is 2. The van der Waals surface area contributed by atoms with Crippen LogP contribution in [0.1, 0.15) is 47.3 Å². The number of amides is 2. The first-order chi connectivity index (χ1) is 17.0. The lowest BCUT2D eigenvalue weighted by atomic mass is 10.0. The summed E-state index contributed by atoms with van der Waals surface area (Å²) in [7, 11) is 2.69. The fraction of sp³-hybridized carbons (Fsp3) is 0.407. The van der Waals surface area contributed by atoms with Gasteiger partial charge in [-0.15, -0.1) is 9.24 Å². The topological polar surface area (TPSA) is 95.2 Å². The molecule has 0 spiro atoms. The predicted molar refractivity (Wildman–Crippen MR) is 138 cm³/mol. The maximum absolute atomic E-state index is 13.5. The van der Waals surface area contributed by atoms with Gasteiger partial charge in [0.05, 0.1) is 11.1 Å². The lowest BCUT2D eigenvalue weighted by molar-refractivity contribution is -0.123. The lowest BCUT2D eigenvalue weighted by Gasteiger charge is -2.21. The summed E-state index contributed by atoms with van der Waals surface area (Å²) in [4.78, 5) is 39.7. The summed E-state index contributed by atoms with van der Waals surface area (Å²) in [5, 5.41) is 12.4. The van der Waals surface area contributed by atoms with Crippen molar-refractivity contribution in [2.24, 2.45) is 17.8 Å². The van der Waals surface area contributed by atoms with Crippen LogP contribution in [0.5, 0.6) is 0 Å². The molecule has 2 aliphatic carbocycles. The van der Waals surface area contributed by atoms with Gasteiger partial charge >= 0.3 is 0 Å². The van der Waals surface area contributed by atoms with Crippen LogP contribution in [0.3, 0.4) is 0 Å². The molecule has 6 rings (SSSR count). The van der Waals surface area contributed by atoms with Crippen molar-refractivity contribution in [3.63, 3.8) is 0 Å². The van der Waals surface area contributed by atoms with E-state index < -0.39 is 0 Å². The van der Waals surface area contributed by atoms with Crippen molar-refractivity contribution in [3.05, 3.63) is 69.6 Å². The molecule has 2 amide bonds. The van der Waals surface area contributed by atoms with Gasteiger partial charge < -0.3 is 10.2 Å². The van der Waals surface area contributed by atoms with Crippen molar-refractivity contribution in [1.29, 1.82) is 0 Å². The Balaban J connectivity index is 1.16. The van der Waals surface area contributed by atoms with Crippen LogP contribution < -0.4 is 16.2 Å². The summed E-state index contributed by atoms with van der Waals surface area (Å²) in [5.41, 5.74) is 2.26. The van der Waals surface area contributed by atoms with Crippen LogP contribution in [0.4, 0.5) is 0 Å². The van der Waals surface area contributed by atoms with Crippen LogP contribution in [0.25, 0.3) is 10.8 Å². The predicted octanol–water partition coefficient (Wildman–Crippen LogP) is 2.39. The molecule has 3 unspecified atom stereocenters. The van der Waals surface area contributed by atoms with E-state index >= 15 is 0 Å². The minimum absolute atomic E-state index is 0.0594. The number of carbonyl (C=O) groups excluding carboxylic acids is 2. The van der Waals surface area contributed by atoms with Gasteiger partial charge in [-0.05, 0) is 60.5 Å². The molecule has 1 aromatic heterocycles. The number of nitrogens with one attached hydrogen (secondary N) is 2. The highest BCUT2D eigenvalue weighted by Gasteiger charge is 2.44. The van der Waals surface area contributed by atoms with Crippen molar-refractivity contribution >= 4 is 37.1 Å². The highest BCUT2D eigenvalue weighted by atomic mass is 31.0. The number of benzene rings is 2. The maximum Gasteiger partial charge on any atom is 0.272 e. The van der Waals surface area contributed by atoms with Gasteiger partial charge in [0.1, 0.15) is 0 Å². The molecular weight excluding hydrogens is 459 g/mol. The molecule has 1 aliphatic heterocycles. The van der Waals surface area contributed by atoms with Gasteiger partial charge in [-0.3, -0.25) is 14.4 Å². The van der Waals surface area contributed by atoms with Gasteiger partial charge in [0.2, 0.25) is 5.91 Å². The minimum Gasteiger partial charge on any atom is -0.353 e. The van der Waals surface area contributed by atoms with Crippen LogP contribution >= 0.6 is 9.24 Å². The molecule has 2 heterocycles. The highest BCUT2D eigenvalue weighted by molar-refractivity contribution is 7.27. The first kappa shape index (κ1) is 22.4. The summed E-state index contributed by atoms with van der Waals surface area (Å²) in [6, 6.07) is 13.6. The summed E-state index contributed by atoms with van der Waals surface area (Å²) in [5.74, 6) is 1.43. The third kappa shape index (κ3) is 4.38. The quantitative estimate of drug-likeness (QED) is 0.540. The van der Waals surface area contributed by atoms with Gasteiger partial charge in [-0.25, -0.2) is 5.10 Å². The van der Waals surface area contributed by atoms with E-state index in [4.69, 9.17) is 0 Å². The van der Waals surface area contributed by atoms with Gasteiger partial charge in [0.25, 0.3) is 11.5 Å². The van der Waals surface area contributed by atoms with E-state index in [1.165, 1.54) is 0 Å². The molecule has 3 aliphatic rings. The zero-order chi connectivity index (χ0) is 24.1. The average Bonchev–Trinajstić information content (AvgIpc) is 3.54. The molecule has 2 aromatic carbocycles. The summed E-state index contributed by atoms with van der Waals surface area (Å²) < 4.78 is 0. The van der Waals surface area contributed by atoms with Crippen LogP contribution in [-0.4, -0.2) is 46.0 Å². The number of nitrogens with zero attached hydrogens (tertiary/aromatic N) is 2. The van der Waals surface area contributed by atoms with Crippen LogP contribution in [0, 0.1) is 17.8 Å². The average molecular weight is 489 g/mol. The van der Waals surface area contributed by atoms with Crippen molar-refractivity contribution in [2.75, 3.05) is 13.1 Å². The summed E-state index contributed by atoms with van der Waals surface area (Å²) in [6.07, 6.45) is 4.50. The molecule has 3 aromatic rings. The standard InChI is InChI=1S/C27H29N4O3P/c32-25(16-6-7-16)28-19-11-17-13-31(14-18(17)12-19)27(34)22-9-15(5-8-24(22)35)10-23-20-3-1-2-4-21(20)26(33)30-29-23/h1-5,8-9,16-19H,6-7,10-14,35H2,(H,28,32)(H,30,33). The summed E-state index contributed by atoms with van der Waals surface area (Å²) in [6.45, 7) is 1.50. The van der Waals surface area contributed by atoms with E-state index in [1.807, 2.05) is 41.3 Å². The van der Waals surface area contributed by atoms with Gasteiger partial charge in [0.15, 0.2) is 0 Å². The zero-order valence-electron chi connectivity index (χ0n) is 19.5. The SMILES string of the molecule is O=C(NC1CC2CN(C(=O)c3cc(Cc4n[nH]c(=O)c5ccccc45)ccc3P)CC2C1)C1CC1. The largest absolute Gasteiger partial charge is 0.353 e. The van der Waals surface area contributed by atoms with E-state index in [2.05, 4.69) is 24.8 Å². The summed E-state index contributed by atoms with van der Waals surface area (Å²) >= 11 is 0. The lowest BCUT2D eigenvalue weighted by Crippen LogP contribution is -2.37. The van der Waals surface area contributed by atoms with E-state index in [1.54, 1.807) is 6.07 Å². The van der Waals surface area contributed by atoms with Gasteiger partial charge in [-0.2, -0.15) is 5.10 Å². The van der Waals surface area contributed by atoms with Crippen LogP contribution in [0.2, 0.25) is 0 Å². The number of rotatable bonds is 5. The molecule has 0 radical (unpaired) electrons. The van der Waals surface area contributed by atoms with Crippen molar-refractivity contribution < 1.29 is 9.59 Å². The number of H-pyrrole nitrogens is 1. The second-order valence-corrected chi connectivity index (χ2v) is 10.9. The number of fused-ring (bicyclic) bond motifs is 2. The van der Waals surface area contributed by atoms with Crippen LogP contribution in [0.15, 0.2) is 47.3 Å². The molecule has 7 nitrogen and oxygen atoms in total. The Hall–Kier alpha value is -3.05. The molecule has 8 heteroatoms. The number of hydrogen-bond acceptors (Lipinski definition) is 4. The molecular formula is C27H29N4O3P. The van der Waals surface area contributed by atoms with E-state index in [0.717, 1.165) is 60.7 Å². The normalized spacial score (nSPS) is 23.5. The molecule has 35 heavy (non-hydrogen) atoms. The Bertz CT molecular complexity index is 1370. The fourth-order valence-electron chi connectivity index (χ4n) is 5.82. The molecule has 180 valence electrons. The number of aromatic amines is 1. The third-order valence-electron chi connectivity index (χ3n) is 7.83. The Kier molecular flexibility index (Phi) is 5.68. The maximum atomic E-state index is 13.5. The smallest absolute Gasteiger partial charge is 0.272 e. The van der Waals surface area contributed by atoms with Crippen molar-refractivity contribution in [3.8, 4) is 0 Å². The zero-order valence-corrected chi connectivity index (χ0v) is 20.7. The Morgan fingerprint density at radius 1 is 1.06 bits per heavy atom. The van der Waals surface area contributed by atoms with E-state index in [9.17, 15) is 14.4 Å². The number of aromatic nitrogens is 2. The second kappa shape index (κ2) is 8.87. The first-order valence-electron chi connectivity index (χ1n) is 12.4. The second-order valence-electron chi connectivity index (χ2n) is 10.3. The Labute approximate surface area is 205 Å². The van der Waals surface area contributed by atoms with E-state index in [-0.39, 0.29) is 29.3 Å². The van der Waals surface area contributed by atoms with Crippen LogP contribution in [-0.2, 0) is 11.2 Å². The molecule has 3 atom stereocenters. The Morgan fingerprint density at radius 3 is 2.49 bits per heavy atom. The molecule has 0 bridgehead atoms. The molecule has 2 saturated carbocycles. The van der Waals surface area contributed by atoms with E-state index in [0.29, 0.717) is 29.2 Å². The fourth-order valence-corrected chi connectivity index (χ4v) is 6.12. The number of likely N-dealkylation sites (tertiary alicyclic amines) is 1. The molecule has 3 fully saturated rings. The Morgan fingerprint density at radius 2 is 1.77 bits per heavy atom. The minimum atomic E-state index is -0.200. The first-order valence-corrected chi connectivity index (χ1v) is 13.0. The third-order valence-corrected chi connectivity index (χ3v) is 8.33. The van der Waals surface area contributed by atoms with Crippen molar-refractivity contribution in [2.45, 2.75) is 38.1 Å². The van der Waals surface area contributed by atoms with Gasteiger partial charge in [-0.1, -0.05) is 30.3 Å². The van der Waals surface area contributed by atoms with Crippen molar-refractivity contribution in [1.82, 2.24) is 20.4 Å². The monoisotopic (exact) mass is 488 g/mol.